The minimum Gasteiger partial charge on any atom is -0.374 e. The van der Waals surface area contributed by atoms with E-state index in [1.807, 2.05) is 0 Å². The summed E-state index contributed by atoms with van der Waals surface area (Å²) in [4.78, 5) is 0. The predicted molar refractivity (Wildman–Crippen MR) is 87.0 cm³/mol. The lowest BCUT2D eigenvalue weighted by Crippen LogP contribution is -2.45. The van der Waals surface area contributed by atoms with E-state index < -0.39 is 0 Å². The van der Waals surface area contributed by atoms with E-state index in [2.05, 4.69) is 18.7 Å². The van der Waals surface area contributed by atoms with E-state index in [0.717, 1.165) is 36.8 Å². The molecule has 0 amide bonds. The second kappa shape index (κ2) is 6.58. The highest BCUT2D eigenvalue weighted by Gasteiger charge is 2.44. The molecule has 5 atom stereocenters. The number of hydrogen-bond donors (Lipinski definition) is 1. The molecule has 1 spiro atoms. The summed E-state index contributed by atoms with van der Waals surface area (Å²) in [5.74, 6) is 6.04. The summed E-state index contributed by atoms with van der Waals surface area (Å²) in [7, 11) is 0. The first-order valence-electron chi connectivity index (χ1n) is 8.68. The Labute approximate surface area is 128 Å². The van der Waals surface area contributed by atoms with Gasteiger partial charge in [-0.2, -0.15) is 11.8 Å². The van der Waals surface area contributed by atoms with Crippen molar-refractivity contribution in [2.45, 2.75) is 57.5 Å². The van der Waals surface area contributed by atoms with Gasteiger partial charge in [-0.05, 0) is 68.1 Å². The number of rotatable bonds is 3. The van der Waals surface area contributed by atoms with Crippen molar-refractivity contribution in [3.8, 4) is 0 Å². The lowest BCUT2D eigenvalue weighted by Gasteiger charge is -2.46. The molecule has 0 bridgehead atoms. The molecule has 0 aromatic carbocycles. The van der Waals surface area contributed by atoms with E-state index >= 15 is 0 Å². The smallest absolute Gasteiger partial charge is 0.0783 e. The summed E-state index contributed by atoms with van der Waals surface area (Å²) in [6.45, 7) is 4.26. The molecule has 3 rings (SSSR count). The van der Waals surface area contributed by atoms with Crippen molar-refractivity contribution >= 4 is 11.8 Å². The van der Waals surface area contributed by atoms with E-state index in [1.54, 1.807) is 0 Å². The lowest BCUT2D eigenvalue weighted by atomic mass is 9.64. The normalized spacial score (nSPS) is 45.9. The van der Waals surface area contributed by atoms with E-state index in [-0.39, 0.29) is 5.60 Å². The van der Waals surface area contributed by atoms with Crippen LogP contribution in [0.3, 0.4) is 0 Å². The minimum atomic E-state index is 0.242. The molecule has 2 N–H and O–H groups in total. The van der Waals surface area contributed by atoms with Crippen LogP contribution in [-0.4, -0.2) is 30.3 Å². The van der Waals surface area contributed by atoms with Gasteiger partial charge >= 0.3 is 0 Å². The van der Waals surface area contributed by atoms with Crippen molar-refractivity contribution in [3.63, 3.8) is 0 Å². The van der Waals surface area contributed by atoms with Gasteiger partial charge in [0.1, 0.15) is 0 Å². The van der Waals surface area contributed by atoms with Gasteiger partial charge in [0.25, 0.3) is 0 Å². The molecule has 2 nitrogen and oxygen atoms in total. The summed E-state index contributed by atoms with van der Waals surface area (Å²) in [6.07, 6.45) is 9.47. The number of thioether (sulfide) groups is 1. The molecule has 3 heteroatoms. The van der Waals surface area contributed by atoms with Crippen molar-refractivity contribution in [2.24, 2.45) is 29.4 Å². The van der Waals surface area contributed by atoms with Crippen molar-refractivity contribution < 1.29 is 4.74 Å². The van der Waals surface area contributed by atoms with Gasteiger partial charge in [-0.15, -0.1) is 0 Å². The van der Waals surface area contributed by atoms with Gasteiger partial charge in [-0.3, -0.25) is 0 Å². The van der Waals surface area contributed by atoms with Crippen molar-refractivity contribution in [1.82, 2.24) is 0 Å². The lowest BCUT2D eigenvalue weighted by molar-refractivity contribution is -0.0985. The first kappa shape index (κ1) is 15.2. The van der Waals surface area contributed by atoms with Crippen LogP contribution >= 0.6 is 11.8 Å². The van der Waals surface area contributed by atoms with E-state index in [9.17, 15) is 0 Å². The molecule has 0 aromatic rings. The molecule has 2 heterocycles. The monoisotopic (exact) mass is 297 g/mol. The van der Waals surface area contributed by atoms with Crippen molar-refractivity contribution in [1.29, 1.82) is 0 Å². The maximum Gasteiger partial charge on any atom is 0.0783 e. The highest BCUT2D eigenvalue weighted by atomic mass is 32.2. The molecule has 1 aliphatic carbocycles. The quantitative estimate of drug-likeness (QED) is 0.863. The fourth-order valence-corrected chi connectivity index (χ4v) is 6.27. The minimum absolute atomic E-state index is 0.242. The topological polar surface area (TPSA) is 35.2 Å². The van der Waals surface area contributed by atoms with Crippen molar-refractivity contribution in [3.05, 3.63) is 0 Å². The van der Waals surface area contributed by atoms with Crippen LogP contribution in [0.15, 0.2) is 0 Å². The fraction of sp³-hybridized carbons (Fsp3) is 1.00. The van der Waals surface area contributed by atoms with Crippen LogP contribution in [0.1, 0.15) is 51.9 Å². The van der Waals surface area contributed by atoms with Crippen LogP contribution in [0.25, 0.3) is 0 Å². The molecular weight excluding hydrogens is 266 g/mol. The molecule has 0 aromatic heterocycles. The average molecular weight is 298 g/mol. The summed E-state index contributed by atoms with van der Waals surface area (Å²) in [6, 6.07) is 0. The fourth-order valence-electron chi connectivity index (χ4n) is 4.89. The Kier molecular flexibility index (Phi) is 4.99. The molecule has 20 heavy (non-hydrogen) atoms. The zero-order valence-corrected chi connectivity index (χ0v) is 13.8. The van der Waals surface area contributed by atoms with Crippen LogP contribution in [0.2, 0.25) is 0 Å². The second-order valence-corrected chi connectivity index (χ2v) is 8.44. The third kappa shape index (κ3) is 3.05. The molecular formula is C17H31NOS. The van der Waals surface area contributed by atoms with E-state index in [4.69, 9.17) is 10.5 Å². The molecule has 2 aliphatic heterocycles. The Hall–Kier alpha value is 0.270. The van der Waals surface area contributed by atoms with Crippen LogP contribution in [0.4, 0.5) is 0 Å². The van der Waals surface area contributed by atoms with Gasteiger partial charge in [0.15, 0.2) is 0 Å². The first-order valence-corrected chi connectivity index (χ1v) is 9.83. The molecule has 0 radical (unpaired) electrons. The Balaban J connectivity index is 1.68. The second-order valence-electron chi connectivity index (χ2n) is 7.33. The molecule has 2 saturated heterocycles. The van der Waals surface area contributed by atoms with Gasteiger partial charge in [0, 0.05) is 12.4 Å². The largest absolute Gasteiger partial charge is 0.374 e. The Bertz CT molecular complexity index is 316. The van der Waals surface area contributed by atoms with Crippen LogP contribution < -0.4 is 5.73 Å². The summed E-state index contributed by atoms with van der Waals surface area (Å²) in [5.41, 5.74) is 6.34. The molecule has 3 fully saturated rings. The molecule has 1 saturated carbocycles. The van der Waals surface area contributed by atoms with Gasteiger partial charge in [-0.25, -0.2) is 0 Å². The summed E-state index contributed by atoms with van der Waals surface area (Å²) >= 11 is 2.09. The third-order valence-electron chi connectivity index (χ3n) is 6.24. The van der Waals surface area contributed by atoms with Crippen molar-refractivity contribution in [2.75, 3.05) is 24.7 Å². The third-order valence-corrected chi connectivity index (χ3v) is 7.46. The van der Waals surface area contributed by atoms with Gasteiger partial charge in [0.05, 0.1) is 5.60 Å². The zero-order valence-electron chi connectivity index (χ0n) is 13.0. The SMILES string of the molecule is CCC1CCC(CN)C(C2CCOC3(CCSC3)C2)C1. The van der Waals surface area contributed by atoms with Gasteiger partial charge in [0.2, 0.25) is 0 Å². The number of hydrogen-bond acceptors (Lipinski definition) is 3. The van der Waals surface area contributed by atoms with Crippen LogP contribution in [0.5, 0.6) is 0 Å². The highest BCUT2D eigenvalue weighted by Crippen LogP contribution is 2.48. The first-order chi connectivity index (χ1) is 9.76. The van der Waals surface area contributed by atoms with Crippen LogP contribution in [-0.2, 0) is 4.74 Å². The van der Waals surface area contributed by atoms with Gasteiger partial charge < -0.3 is 10.5 Å². The summed E-state index contributed by atoms with van der Waals surface area (Å²) in [5, 5.41) is 0. The Morgan fingerprint density at radius 1 is 1.30 bits per heavy atom. The predicted octanol–water partition coefficient (Wildman–Crippen LogP) is 3.69. The average Bonchev–Trinajstić information content (AvgIpc) is 2.94. The molecule has 3 aliphatic rings. The van der Waals surface area contributed by atoms with Gasteiger partial charge in [-0.1, -0.05) is 19.8 Å². The number of ether oxygens (including phenoxy) is 1. The Morgan fingerprint density at radius 2 is 2.20 bits per heavy atom. The maximum absolute atomic E-state index is 6.22. The van der Waals surface area contributed by atoms with E-state index in [1.165, 1.54) is 56.5 Å². The molecule has 5 unspecified atom stereocenters. The Morgan fingerprint density at radius 3 is 2.90 bits per heavy atom. The zero-order chi connectivity index (χ0) is 14.0. The maximum atomic E-state index is 6.22. The number of nitrogens with two attached hydrogens (primary N) is 1. The molecule has 116 valence electrons. The highest BCUT2D eigenvalue weighted by molar-refractivity contribution is 7.99. The van der Waals surface area contributed by atoms with Crippen LogP contribution in [0, 0.1) is 23.7 Å². The van der Waals surface area contributed by atoms with E-state index in [0.29, 0.717) is 0 Å². The summed E-state index contributed by atoms with van der Waals surface area (Å²) < 4.78 is 6.22. The standard InChI is InChI=1S/C17H31NOS/c1-2-13-3-4-15(11-18)16(9-13)14-5-7-19-17(10-14)6-8-20-12-17/h13-16H,2-12,18H2,1H3.